The summed E-state index contributed by atoms with van der Waals surface area (Å²) in [5.41, 5.74) is 1.11. The second kappa shape index (κ2) is 6.18. The zero-order valence-corrected chi connectivity index (χ0v) is 9.57. The third-order valence-corrected chi connectivity index (χ3v) is 2.40. The van der Waals surface area contributed by atoms with E-state index in [-0.39, 0.29) is 0 Å². The van der Waals surface area contributed by atoms with Gasteiger partial charge in [0, 0.05) is 12.4 Å². The highest BCUT2D eigenvalue weighted by atomic mass is 16.5. The number of ether oxygens (including phenoxy) is 1. The molecule has 0 unspecified atom stereocenters. The Hall–Kier alpha value is -1.65. The summed E-state index contributed by atoms with van der Waals surface area (Å²) in [4.78, 5) is 3.91. The largest absolute Gasteiger partial charge is 0.389 e. The number of aliphatic hydroxyl groups is 1. The zero-order chi connectivity index (χ0) is 11.9. The molecule has 1 aromatic carbocycles. The van der Waals surface area contributed by atoms with Crippen LogP contribution in [0.25, 0.3) is 0 Å². The molecule has 4 nitrogen and oxygen atoms in total. The van der Waals surface area contributed by atoms with Gasteiger partial charge in [0.25, 0.3) is 0 Å². The van der Waals surface area contributed by atoms with Crippen LogP contribution >= 0.6 is 0 Å². The second-order valence-electron chi connectivity index (χ2n) is 3.91. The Labute approximate surface area is 100 Å². The van der Waals surface area contributed by atoms with E-state index in [2.05, 4.69) is 4.98 Å². The number of aromatic nitrogens is 2. The molecule has 2 rings (SSSR count). The van der Waals surface area contributed by atoms with Crippen molar-refractivity contribution in [2.45, 2.75) is 19.3 Å². The number of benzene rings is 1. The molecule has 0 radical (unpaired) electrons. The van der Waals surface area contributed by atoms with Crippen molar-refractivity contribution in [3.63, 3.8) is 0 Å². The Morgan fingerprint density at radius 3 is 2.82 bits per heavy atom. The van der Waals surface area contributed by atoms with Gasteiger partial charge in [-0.25, -0.2) is 4.98 Å². The molecule has 0 fully saturated rings. The first-order chi connectivity index (χ1) is 8.34. The number of hydrogen-bond acceptors (Lipinski definition) is 3. The van der Waals surface area contributed by atoms with Gasteiger partial charge in [0.05, 0.1) is 32.2 Å². The van der Waals surface area contributed by atoms with E-state index < -0.39 is 6.10 Å². The molecule has 1 N–H and O–H groups in total. The van der Waals surface area contributed by atoms with Crippen LogP contribution in [-0.4, -0.2) is 27.4 Å². The Morgan fingerprint density at radius 2 is 2.12 bits per heavy atom. The first kappa shape index (κ1) is 11.8. The second-order valence-corrected chi connectivity index (χ2v) is 3.91. The van der Waals surface area contributed by atoms with Crippen LogP contribution in [0.1, 0.15) is 5.56 Å². The van der Waals surface area contributed by atoms with Crippen LogP contribution in [0.4, 0.5) is 0 Å². The van der Waals surface area contributed by atoms with E-state index in [0.717, 1.165) is 5.56 Å². The Morgan fingerprint density at radius 1 is 1.29 bits per heavy atom. The molecule has 90 valence electrons. The predicted octanol–water partition coefficient (Wildman–Crippen LogP) is 1.46. The predicted molar refractivity (Wildman–Crippen MR) is 64.3 cm³/mol. The van der Waals surface area contributed by atoms with Crippen LogP contribution in [0.5, 0.6) is 0 Å². The van der Waals surface area contributed by atoms with Crippen LogP contribution in [0.15, 0.2) is 49.1 Å². The maximum atomic E-state index is 9.73. The normalized spacial score (nSPS) is 12.5. The molecule has 1 atom stereocenters. The maximum Gasteiger partial charge on any atom is 0.0952 e. The van der Waals surface area contributed by atoms with Crippen molar-refractivity contribution in [2.75, 3.05) is 6.61 Å². The first-order valence-corrected chi connectivity index (χ1v) is 5.60. The molecule has 1 aromatic heterocycles. The van der Waals surface area contributed by atoms with Gasteiger partial charge >= 0.3 is 0 Å². The number of aliphatic hydroxyl groups excluding tert-OH is 1. The molecule has 17 heavy (non-hydrogen) atoms. The van der Waals surface area contributed by atoms with Gasteiger partial charge in [-0.05, 0) is 5.56 Å². The lowest BCUT2D eigenvalue weighted by atomic mass is 10.2. The smallest absolute Gasteiger partial charge is 0.0952 e. The molecule has 2 aromatic rings. The van der Waals surface area contributed by atoms with E-state index in [1.165, 1.54) is 0 Å². The molecule has 4 heteroatoms. The molecule has 0 bridgehead atoms. The van der Waals surface area contributed by atoms with E-state index in [9.17, 15) is 5.11 Å². The molecular weight excluding hydrogens is 216 g/mol. The quantitative estimate of drug-likeness (QED) is 0.820. The summed E-state index contributed by atoms with van der Waals surface area (Å²) in [6, 6.07) is 9.92. The molecule has 0 aliphatic rings. The topological polar surface area (TPSA) is 47.3 Å². The van der Waals surface area contributed by atoms with Gasteiger partial charge in [0.2, 0.25) is 0 Å². The van der Waals surface area contributed by atoms with Crippen LogP contribution in [0.3, 0.4) is 0 Å². The van der Waals surface area contributed by atoms with Gasteiger partial charge in [-0.3, -0.25) is 0 Å². The van der Waals surface area contributed by atoms with Crippen molar-refractivity contribution in [3.05, 3.63) is 54.6 Å². The van der Waals surface area contributed by atoms with Crippen molar-refractivity contribution in [1.29, 1.82) is 0 Å². The van der Waals surface area contributed by atoms with Crippen LogP contribution in [0.2, 0.25) is 0 Å². The Bertz CT molecular complexity index is 414. The van der Waals surface area contributed by atoms with Crippen LogP contribution in [-0.2, 0) is 17.9 Å². The third-order valence-electron chi connectivity index (χ3n) is 2.40. The number of hydrogen-bond donors (Lipinski definition) is 1. The van der Waals surface area contributed by atoms with Crippen molar-refractivity contribution in [1.82, 2.24) is 9.55 Å². The fourth-order valence-electron chi connectivity index (χ4n) is 1.58. The number of nitrogens with zero attached hydrogens (tertiary/aromatic N) is 2. The summed E-state index contributed by atoms with van der Waals surface area (Å²) in [6.45, 7) is 1.36. The monoisotopic (exact) mass is 232 g/mol. The molecular formula is C13H16N2O2. The van der Waals surface area contributed by atoms with Gasteiger partial charge in [-0.2, -0.15) is 0 Å². The average molecular weight is 232 g/mol. The van der Waals surface area contributed by atoms with Crippen molar-refractivity contribution in [3.8, 4) is 0 Å². The zero-order valence-electron chi connectivity index (χ0n) is 9.57. The highest BCUT2D eigenvalue weighted by molar-refractivity contribution is 5.13. The molecule has 0 saturated carbocycles. The van der Waals surface area contributed by atoms with Crippen molar-refractivity contribution in [2.24, 2.45) is 0 Å². The highest BCUT2D eigenvalue weighted by Crippen LogP contribution is 2.01. The Balaban J connectivity index is 1.68. The lowest BCUT2D eigenvalue weighted by molar-refractivity contribution is 0.0203. The fourth-order valence-corrected chi connectivity index (χ4v) is 1.58. The minimum Gasteiger partial charge on any atom is -0.389 e. The standard InChI is InChI=1S/C13H16N2O2/c16-13(8-15-7-6-14-11-15)10-17-9-12-4-2-1-3-5-12/h1-7,11,13,16H,8-10H2/t13-/m1/s1. The van der Waals surface area contributed by atoms with Crippen LogP contribution < -0.4 is 0 Å². The van der Waals surface area contributed by atoms with Gasteiger partial charge in [0.15, 0.2) is 0 Å². The maximum absolute atomic E-state index is 9.73. The molecule has 0 aliphatic carbocycles. The summed E-state index contributed by atoms with van der Waals surface area (Å²) in [5.74, 6) is 0. The Kier molecular flexibility index (Phi) is 4.30. The van der Waals surface area contributed by atoms with Crippen molar-refractivity contribution >= 4 is 0 Å². The summed E-state index contributed by atoms with van der Waals surface area (Å²) < 4.78 is 7.28. The van der Waals surface area contributed by atoms with E-state index in [0.29, 0.717) is 19.8 Å². The average Bonchev–Trinajstić information content (AvgIpc) is 2.83. The van der Waals surface area contributed by atoms with Crippen LogP contribution in [0, 0.1) is 0 Å². The minimum absolute atomic E-state index is 0.326. The molecule has 0 spiro atoms. The van der Waals surface area contributed by atoms with Crippen molar-refractivity contribution < 1.29 is 9.84 Å². The van der Waals surface area contributed by atoms with Gasteiger partial charge < -0.3 is 14.4 Å². The van der Waals surface area contributed by atoms with E-state index in [4.69, 9.17) is 4.74 Å². The number of imidazole rings is 1. The molecule has 0 amide bonds. The van der Waals surface area contributed by atoms with E-state index in [1.54, 1.807) is 12.5 Å². The SMILES string of the molecule is O[C@@H](COCc1ccccc1)Cn1ccnc1. The van der Waals surface area contributed by atoms with E-state index >= 15 is 0 Å². The summed E-state index contributed by atoms with van der Waals surface area (Å²) in [5, 5.41) is 9.73. The molecule has 1 heterocycles. The van der Waals surface area contributed by atoms with E-state index in [1.807, 2.05) is 41.1 Å². The number of rotatable bonds is 6. The minimum atomic E-state index is -0.507. The molecule has 0 aliphatic heterocycles. The first-order valence-electron chi connectivity index (χ1n) is 5.60. The summed E-state index contributed by atoms with van der Waals surface area (Å²) in [7, 11) is 0. The highest BCUT2D eigenvalue weighted by Gasteiger charge is 2.04. The fraction of sp³-hybridized carbons (Fsp3) is 0.308. The summed E-state index contributed by atoms with van der Waals surface area (Å²) in [6.07, 6.45) is 4.69. The molecule has 0 saturated heterocycles. The van der Waals surface area contributed by atoms with Gasteiger partial charge in [-0.15, -0.1) is 0 Å². The summed E-state index contributed by atoms with van der Waals surface area (Å²) >= 11 is 0. The van der Waals surface area contributed by atoms with Gasteiger partial charge in [0.1, 0.15) is 0 Å². The van der Waals surface area contributed by atoms with Gasteiger partial charge in [-0.1, -0.05) is 30.3 Å². The third kappa shape index (κ3) is 4.01. The lowest BCUT2D eigenvalue weighted by Crippen LogP contribution is -2.21. The lowest BCUT2D eigenvalue weighted by Gasteiger charge is -2.11.